The smallest absolute Gasteiger partial charge is 0.269 e. The van der Waals surface area contributed by atoms with Crippen LogP contribution in [0.15, 0.2) is 55.1 Å². The van der Waals surface area contributed by atoms with Gasteiger partial charge in [0.1, 0.15) is 0 Å². The molecule has 2 aromatic rings. The van der Waals surface area contributed by atoms with Crippen LogP contribution in [0.5, 0.6) is 0 Å². The van der Waals surface area contributed by atoms with E-state index in [-0.39, 0.29) is 28.5 Å². The Labute approximate surface area is 186 Å². The molecule has 2 aliphatic heterocycles. The lowest BCUT2D eigenvalue weighted by molar-refractivity contribution is -0.384. The molecule has 2 aliphatic rings. The Balaban J connectivity index is 1.60. The summed E-state index contributed by atoms with van der Waals surface area (Å²) in [5.74, 6) is -0.331. The Bertz CT molecular complexity index is 995. The van der Waals surface area contributed by atoms with E-state index in [9.17, 15) is 14.9 Å². The van der Waals surface area contributed by atoms with Crippen LogP contribution in [-0.2, 0) is 17.8 Å². The van der Waals surface area contributed by atoms with Crippen molar-refractivity contribution in [1.82, 2.24) is 10.2 Å². The van der Waals surface area contributed by atoms with Gasteiger partial charge in [0, 0.05) is 55.6 Å². The monoisotopic (exact) mass is 440 g/mol. The van der Waals surface area contributed by atoms with Crippen LogP contribution in [-0.4, -0.2) is 48.0 Å². The summed E-state index contributed by atoms with van der Waals surface area (Å²) in [4.78, 5) is 28.5. The summed E-state index contributed by atoms with van der Waals surface area (Å²) in [6.45, 7) is 7.21. The molecule has 1 amide bonds. The molecule has 0 bridgehead atoms. The maximum absolute atomic E-state index is 13.0. The van der Waals surface area contributed by atoms with E-state index in [0.29, 0.717) is 18.0 Å². The number of piperazine rings is 1. The van der Waals surface area contributed by atoms with Gasteiger partial charge in [0.15, 0.2) is 0 Å². The van der Waals surface area contributed by atoms with Crippen molar-refractivity contribution in [1.29, 1.82) is 0 Å². The number of amides is 1. The lowest BCUT2D eigenvalue weighted by Gasteiger charge is -2.49. The molecule has 0 radical (unpaired) electrons. The van der Waals surface area contributed by atoms with E-state index >= 15 is 0 Å². The van der Waals surface area contributed by atoms with Gasteiger partial charge >= 0.3 is 0 Å². The van der Waals surface area contributed by atoms with Crippen LogP contribution in [0.4, 0.5) is 11.4 Å². The van der Waals surface area contributed by atoms with Gasteiger partial charge in [-0.05, 0) is 35.7 Å². The van der Waals surface area contributed by atoms with E-state index in [4.69, 9.17) is 11.6 Å². The normalized spacial score (nSPS) is 20.5. The van der Waals surface area contributed by atoms with Crippen LogP contribution in [0, 0.1) is 16.0 Å². The zero-order chi connectivity index (χ0) is 22.0. The third-order valence-electron chi connectivity index (χ3n) is 6.07. The molecule has 1 saturated heterocycles. The Morgan fingerprint density at radius 2 is 2.03 bits per heavy atom. The van der Waals surface area contributed by atoms with Crippen molar-refractivity contribution in [2.45, 2.75) is 19.0 Å². The Morgan fingerprint density at radius 3 is 2.74 bits per heavy atom. The molecule has 8 heteroatoms. The van der Waals surface area contributed by atoms with Crippen LogP contribution in [0.25, 0.3) is 0 Å². The summed E-state index contributed by atoms with van der Waals surface area (Å²) in [5, 5.41) is 14.9. The van der Waals surface area contributed by atoms with Crippen molar-refractivity contribution in [2.75, 3.05) is 31.1 Å². The van der Waals surface area contributed by atoms with Crippen LogP contribution in [0.1, 0.15) is 11.1 Å². The summed E-state index contributed by atoms with van der Waals surface area (Å²) in [7, 11) is 0. The van der Waals surface area contributed by atoms with E-state index in [2.05, 4.69) is 21.7 Å². The number of non-ortho nitro benzene ring substituents is 1. The molecule has 0 saturated carbocycles. The first-order valence-corrected chi connectivity index (χ1v) is 10.7. The highest BCUT2D eigenvalue weighted by Gasteiger charge is 2.41. The number of benzene rings is 2. The molecule has 2 atom stereocenters. The molecule has 162 valence electrons. The van der Waals surface area contributed by atoms with Gasteiger partial charge in [-0.2, -0.15) is 0 Å². The SMILES string of the molecule is C=CCNC(=O)[C@H]1Cc2cc([N+](=O)[O-])ccc2N2CCN(Cc3ccc(Cl)cc3)C[C@H]12. The third-order valence-corrected chi connectivity index (χ3v) is 6.32. The standard InChI is InChI=1S/C23H25ClN4O3/c1-2-9-25-23(29)20-13-17-12-19(28(30)31)7-8-21(17)27-11-10-26(15-22(20)27)14-16-3-5-18(24)6-4-16/h2-8,12,20,22H,1,9-11,13-15H2,(H,25,29)/t20-,22+/m0/s1. The average Bonchev–Trinajstić information content (AvgIpc) is 2.77. The van der Waals surface area contributed by atoms with E-state index in [1.807, 2.05) is 30.3 Å². The number of hydrogen-bond donors (Lipinski definition) is 1. The minimum absolute atomic E-state index is 0.000165. The number of nitrogens with one attached hydrogen (secondary N) is 1. The Kier molecular flexibility index (Phi) is 6.25. The van der Waals surface area contributed by atoms with Crippen LogP contribution in [0.3, 0.4) is 0 Å². The minimum Gasteiger partial charge on any atom is -0.365 e. The summed E-state index contributed by atoms with van der Waals surface area (Å²) in [6, 6.07) is 12.8. The fourth-order valence-corrected chi connectivity index (χ4v) is 4.70. The van der Waals surface area contributed by atoms with E-state index < -0.39 is 0 Å². The zero-order valence-corrected chi connectivity index (χ0v) is 17.9. The zero-order valence-electron chi connectivity index (χ0n) is 17.2. The number of carbonyl (C=O) groups is 1. The number of nitro groups is 1. The topological polar surface area (TPSA) is 78.7 Å². The lowest BCUT2D eigenvalue weighted by Crippen LogP contribution is -2.60. The second-order valence-corrected chi connectivity index (χ2v) is 8.47. The summed E-state index contributed by atoms with van der Waals surface area (Å²) in [6.07, 6.45) is 2.14. The minimum atomic E-state index is -0.386. The highest BCUT2D eigenvalue weighted by atomic mass is 35.5. The third kappa shape index (κ3) is 4.57. The fraction of sp³-hybridized carbons (Fsp3) is 0.348. The number of rotatable bonds is 6. The lowest BCUT2D eigenvalue weighted by atomic mass is 9.83. The first-order valence-electron chi connectivity index (χ1n) is 10.4. The highest BCUT2D eigenvalue weighted by Crippen LogP contribution is 2.38. The Morgan fingerprint density at radius 1 is 1.26 bits per heavy atom. The number of hydrogen-bond acceptors (Lipinski definition) is 5. The molecule has 4 rings (SSSR count). The molecule has 2 aromatic carbocycles. The van der Waals surface area contributed by atoms with Crippen LogP contribution < -0.4 is 10.2 Å². The first-order chi connectivity index (χ1) is 15.0. The van der Waals surface area contributed by atoms with Crippen molar-refractivity contribution < 1.29 is 9.72 Å². The van der Waals surface area contributed by atoms with Gasteiger partial charge < -0.3 is 10.2 Å². The molecular weight excluding hydrogens is 416 g/mol. The molecule has 0 aliphatic carbocycles. The summed E-state index contributed by atoms with van der Waals surface area (Å²) < 4.78 is 0. The van der Waals surface area contributed by atoms with Gasteiger partial charge in [-0.3, -0.25) is 19.8 Å². The predicted octanol–water partition coefficient (Wildman–Crippen LogP) is 3.41. The van der Waals surface area contributed by atoms with Gasteiger partial charge in [0.2, 0.25) is 5.91 Å². The molecule has 0 spiro atoms. The van der Waals surface area contributed by atoms with Crippen molar-refractivity contribution in [3.8, 4) is 0 Å². The van der Waals surface area contributed by atoms with Crippen LogP contribution >= 0.6 is 11.6 Å². The Hall–Kier alpha value is -2.90. The average molecular weight is 441 g/mol. The second-order valence-electron chi connectivity index (χ2n) is 8.04. The number of halogens is 1. The maximum Gasteiger partial charge on any atom is 0.269 e. The first kappa shape index (κ1) is 21.3. The highest BCUT2D eigenvalue weighted by molar-refractivity contribution is 6.30. The molecule has 2 heterocycles. The molecule has 0 aromatic heterocycles. The molecule has 0 unspecified atom stereocenters. The number of nitrogens with zero attached hydrogens (tertiary/aromatic N) is 3. The maximum atomic E-state index is 13.0. The molecule has 7 nitrogen and oxygen atoms in total. The largest absolute Gasteiger partial charge is 0.365 e. The second kappa shape index (κ2) is 9.08. The predicted molar refractivity (Wildman–Crippen MR) is 121 cm³/mol. The number of anilines is 1. The van der Waals surface area contributed by atoms with Crippen LogP contribution in [0.2, 0.25) is 5.02 Å². The van der Waals surface area contributed by atoms with Gasteiger partial charge in [-0.25, -0.2) is 0 Å². The van der Waals surface area contributed by atoms with Crippen molar-refractivity contribution in [2.24, 2.45) is 5.92 Å². The molecule has 1 N–H and O–H groups in total. The fourth-order valence-electron chi connectivity index (χ4n) is 4.58. The summed E-state index contributed by atoms with van der Waals surface area (Å²) in [5.41, 5.74) is 3.09. The van der Waals surface area contributed by atoms with Gasteiger partial charge in [0.25, 0.3) is 5.69 Å². The van der Waals surface area contributed by atoms with Gasteiger partial charge in [-0.1, -0.05) is 29.8 Å². The molecular formula is C23H25ClN4O3. The van der Waals surface area contributed by atoms with E-state index in [1.165, 1.54) is 5.56 Å². The van der Waals surface area contributed by atoms with E-state index in [0.717, 1.165) is 37.4 Å². The van der Waals surface area contributed by atoms with Gasteiger partial charge in [0.05, 0.1) is 16.9 Å². The molecule has 1 fully saturated rings. The van der Waals surface area contributed by atoms with Crippen molar-refractivity contribution in [3.63, 3.8) is 0 Å². The summed E-state index contributed by atoms with van der Waals surface area (Å²) >= 11 is 6.01. The number of carbonyl (C=O) groups excluding carboxylic acids is 1. The number of fused-ring (bicyclic) bond motifs is 3. The van der Waals surface area contributed by atoms with E-state index in [1.54, 1.807) is 18.2 Å². The number of nitro benzene ring substituents is 1. The van der Waals surface area contributed by atoms with Crippen molar-refractivity contribution in [3.05, 3.63) is 81.4 Å². The quantitative estimate of drug-likeness (QED) is 0.423. The van der Waals surface area contributed by atoms with Crippen molar-refractivity contribution >= 4 is 28.9 Å². The van der Waals surface area contributed by atoms with Gasteiger partial charge in [-0.15, -0.1) is 6.58 Å². The molecule has 31 heavy (non-hydrogen) atoms.